The topological polar surface area (TPSA) is 57.5 Å². The Kier molecular flexibility index (Phi) is 14.9. The number of unbranched alkanes of at least 4 members (excludes halogenated alkanes) is 9. The molecule has 124 valence electrons. The van der Waals surface area contributed by atoms with Gasteiger partial charge in [0.2, 0.25) is 0 Å². The maximum Gasteiger partial charge on any atom is 0.327 e. The summed E-state index contributed by atoms with van der Waals surface area (Å²) in [4.78, 5) is 10.3. The summed E-state index contributed by atoms with van der Waals surface area (Å²) in [5.74, 6) is -0.898. The molecular formula is C18H34O3. The summed E-state index contributed by atoms with van der Waals surface area (Å²) in [5.41, 5.74) is 0. The van der Waals surface area contributed by atoms with E-state index < -0.39 is 5.97 Å². The van der Waals surface area contributed by atoms with E-state index in [1.807, 2.05) is 0 Å². The Morgan fingerprint density at radius 2 is 1.43 bits per heavy atom. The van der Waals surface area contributed by atoms with Gasteiger partial charge < -0.3 is 10.2 Å². The van der Waals surface area contributed by atoms with Crippen molar-refractivity contribution in [3.8, 4) is 0 Å². The summed E-state index contributed by atoms with van der Waals surface area (Å²) < 4.78 is 0. The minimum Gasteiger partial charge on any atom is -0.478 e. The Balaban J connectivity index is 3.22. The molecule has 0 aromatic carbocycles. The average Bonchev–Trinajstić information content (AvgIpc) is 2.45. The van der Waals surface area contributed by atoms with Crippen LogP contribution >= 0.6 is 0 Å². The molecule has 1 atom stereocenters. The molecule has 0 rings (SSSR count). The van der Waals surface area contributed by atoms with Gasteiger partial charge in [-0.25, -0.2) is 4.79 Å². The van der Waals surface area contributed by atoms with E-state index in [1.165, 1.54) is 57.4 Å². The first-order valence-electron chi connectivity index (χ1n) is 8.74. The van der Waals surface area contributed by atoms with Gasteiger partial charge in [-0.05, 0) is 25.7 Å². The zero-order valence-electron chi connectivity index (χ0n) is 13.7. The average molecular weight is 298 g/mol. The van der Waals surface area contributed by atoms with Crippen molar-refractivity contribution < 1.29 is 15.0 Å². The van der Waals surface area contributed by atoms with Gasteiger partial charge in [0, 0.05) is 6.08 Å². The van der Waals surface area contributed by atoms with Crippen LogP contribution in [0.3, 0.4) is 0 Å². The lowest BCUT2D eigenvalue weighted by atomic mass is 10.0. The fourth-order valence-electron chi connectivity index (χ4n) is 2.49. The Bertz CT molecular complexity index is 261. The molecule has 0 aliphatic carbocycles. The smallest absolute Gasteiger partial charge is 0.327 e. The lowest BCUT2D eigenvalue weighted by Gasteiger charge is -2.09. The molecule has 0 radical (unpaired) electrons. The molecule has 3 heteroatoms. The molecule has 2 N–H and O–H groups in total. The van der Waals surface area contributed by atoms with Crippen molar-refractivity contribution in [2.75, 3.05) is 0 Å². The molecule has 1 unspecified atom stereocenters. The molecule has 0 bridgehead atoms. The second-order valence-electron chi connectivity index (χ2n) is 5.94. The summed E-state index contributed by atoms with van der Waals surface area (Å²) in [5, 5.41) is 18.3. The van der Waals surface area contributed by atoms with Gasteiger partial charge in [-0.2, -0.15) is 0 Å². The van der Waals surface area contributed by atoms with E-state index in [-0.39, 0.29) is 6.10 Å². The van der Waals surface area contributed by atoms with Crippen molar-refractivity contribution >= 4 is 5.97 Å². The van der Waals surface area contributed by atoms with Crippen molar-refractivity contribution in [2.24, 2.45) is 0 Å². The standard InChI is InChI=1S/C18H34O3/c1-2-3-4-5-6-7-8-9-11-14-17(19)15-12-10-13-16-18(20)21/h13,16-17,19H,2-12,14-15H2,1H3,(H,20,21). The van der Waals surface area contributed by atoms with Crippen molar-refractivity contribution in [1.82, 2.24) is 0 Å². The van der Waals surface area contributed by atoms with Crippen molar-refractivity contribution in [3.63, 3.8) is 0 Å². The van der Waals surface area contributed by atoms with E-state index in [2.05, 4.69) is 6.92 Å². The first kappa shape index (κ1) is 20.2. The van der Waals surface area contributed by atoms with Crippen molar-refractivity contribution in [1.29, 1.82) is 0 Å². The second kappa shape index (κ2) is 15.6. The van der Waals surface area contributed by atoms with Gasteiger partial charge in [0.05, 0.1) is 6.10 Å². The number of carbonyl (C=O) groups is 1. The number of carboxylic acid groups (broad SMARTS) is 1. The third kappa shape index (κ3) is 17.1. The third-order valence-corrected chi connectivity index (χ3v) is 3.81. The van der Waals surface area contributed by atoms with Crippen LogP contribution in [-0.2, 0) is 4.79 Å². The number of allylic oxidation sites excluding steroid dienone is 1. The van der Waals surface area contributed by atoms with Crippen molar-refractivity contribution in [2.45, 2.75) is 96.5 Å². The van der Waals surface area contributed by atoms with E-state index in [4.69, 9.17) is 5.11 Å². The van der Waals surface area contributed by atoms with Gasteiger partial charge in [-0.15, -0.1) is 0 Å². The van der Waals surface area contributed by atoms with Crippen LogP contribution in [0.1, 0.15) is 90.4 Å². The minimum absolute atomic E-state index is 0.215. The van der Waals surface area contributed by atoms with Crippen LogP contribution in [0.4, 0.5) is 0 Å². The van der Waals surface area contributed by atoms with Crippen LogP contribution in [0.2, 0.25) is 0 Å². The minimum atomic E-state index is -0.898. The molecule has 0 spiro atoms. The fourth-order valence-corrected chi connectivity index (χ4v) is 2.49. The van der Waals surface area contributed by atoms with Gasteiger partial charge in [0.1, 0.15) is 0 Å². The van der Waals surface area contributed by atoms with Gasteiger partial charge >= 0.3 is 5.97 Å². The van der Waals surface area contributed by atoms with Crippen LogP contribution in [0.5, 0.6) is 0 Å². The summed E-state index contributed by atoms with van der Waals surface area (Å²) in [6.45, 7) is 2.24. The highest BCUT2D eigenvalue weighted by Gasteiger charge is 2.03. The molecule has 0 fully saturated rings. The molecule has 0 aromatic rings. The molecule has 0 aliphatic heterocycles. The first-order chi connectivity index (χ1) is 10.2. The van der Waals surface area contributed by atoms with Gasteiger partial charge in [0.25, 0.3) is 0 Å². The zero-order chi connectivity index (χ0) is 15.8. The molecule has 0 aliphatic rings. The molecular weight excluding hydrogens is 264 g/mol. The molecule has 3 nitrogen and oxygen atoms in total. The highest BCUT2D eigenvalue weighted by atomic mass is 16.4. The number of hydrogen-bond acceptors (Lipinski definition) is 2. The highest BCUT2D eigenvalue weighted by molar-refractivity contribution is 5.79. The molecule has 21 heavy (non-hydrogen) atoms. The predicted molar refractivity (Wildman–Crippen MR) is 88.5 cm³/mol. The molecule has 0 saturated carbocycles. The van der Waals surface area contributed by atoms with Crippen molar-refractivity contribution in [3.05, 3.63) is 12.2 Å². The molecule has 0 saturated heterocycles. The highest BCUT2D eigenvalue weighted by Crippen LogP contribution is 2.13. The van der Waals surface area contributed by atoms with Crippen LogP contribution in [0.25, 0.3) is 0 Å². The first-order valence-corrected chi connectivity index (χ1v) is 8.74. The molecule has 0 aromatic heterocycles. The van der Waals surface area contributed by atoms with E-state index in [0.29, 0.717) is 0 Å². The van der Waals surface area contributed by atoms with E-state index in [0.717, 1.165) is 32.1 Å². The summed E-state index contributed by atoms with van der Waals surface area (Å²) in [6.07, 6.45) is 17.6. The molecule has 0 amide bonds. The quantitative estimate of drug-likeness (QED) is 0.327. The van der Waals surface area contributed by atoms with E-state index in [1.54, 1.807) is 6.08 Å². The monoisotopic (exact) mass is 298 g/mol. The second-order valence-corrected chi connectivity index (χ2v) is 5.94. The van der Waals surface area contributed by atoms with Gasteiger partial charge in [0.15, 0.2) is 0 Å². The Morgan fingerprint density at radius 3 is 2.00 bits per heavy atom. The number of aliphatic hydroxyl groups is 1. The lowest BCUT2D eigenvalue weighted by molar-refractivity contribution is -0.131. The zero-order valence-corrected chi connectivity index (χ0v) is 13.7. The maximum atomic E-state index is 10.3. The Hall–Kier alpha value is -0.830. The lowest BCUT2D eigenvalue weighted by Crippen LogP contribution is -2.05. The SMILES string of the molecule is CCCCCCCCCCCC(O)CCCC=CC(=O)O. The van der Waals surface area contributed by atoms with E-state index >= 15 is 0 Å². The Labute approximate surface area is 130 Å². The summed E-state index contributed by atoms with van der Waals surface area (Å²) in [7, 11) is 0. The van der Waals surface area contributed by atoms with E-state index in [9.17, 15) is 9.90 Å². The van der Waals surface area contributed by atoms with Crippen LogP contribution < -0.4 is 0 Å². The third-order valence-electron chi connectivity index (χ3n) is 3.81. The number of rotatable bonds is 15. The summed E-state index contributed by atoms with van der Waals surface area (Å²) in [6, 6.07) is 0. The van der Waals surface area contributed by atoms with Gasteiger partial charge in [-0.3, -0.25) is 0 Å². The Morgan fingerprint density at radius 1 is 0.905 bits per heavy atom. The molecule has 0 heterocycles. The maximum absolute atomic E-state index is 10.3. The number of aliphatic carboxylic acids is 1. The number of aliphatic hydroxyl groups excluding tert-OH is 1. The summed E-state index contributed by atoms with van der Waals surface area (Å²) >= 11 is 0. The van der Waals surface area contributed by atoms with Gasteiger partial charge in [-0.1, -0.05) is 70.8 Å². The van der Waals surface area contributed by atoms with Crippen LogP contribution in [0.15, 0.2) is 12.2 Å². The largest absolute Gasteiger partial charge is 0.478 e. The van der Waals surface area contributed by atoms with Crippen LogP contribution in [-0.4, -0.2) is 22.3 Å². The number of hydrogen-bond donors (Lipinski definition) is 2. The van der Waals surface area contributed by atoms with Crippen LogP contribution in [0, 0.1) is 0 Å². The number of carboxylic acids is 1. The normalized spacial score (nSPS) is 12.9. The fraction of sp³-hybridized carbons (Fsp3) is 0.833. The predicted octanol–water partition coefficient (Wildman–Crippen LogP) is 5.08.